The van der Waals surface area contributed by atoms with Gasteiger partial charge in [0.05, 0.1) is 0 Å². The van der Waals surface area contributed by atoms with Crippen LogP contribution in [0.2, 0.25) is 0 Å². The molecule has 0 unspecified atom stereocenters. The second-order valence-corrected chi connectivity index (χ2v) is 3.12. The molecule has 0 aromatic carbocycles. The maximum atomic E-state index is 11.7. The molecule has 1 aromatic heterocycles. The molecular weight excluding hydrogens is 239 g/mol. The lowest BCUT2D eigenvalue weighted by atomic mass is 10.2. The van der Waals surface area contributed by atoms with E-state index >= 15 is 0 Å². The minimum atomic E-state index is -0.558. The Morgan fingerprint density at radius 2 is 2.46 bits per heavy atom. The number of hydrogen-bond donors (Lipinski definition) is 1. The maximum Gasteiger partial charge on any atom is 0.251 e. The summed E-state index contributed by atoms with van der Waals surface area (Å²) >= 11 is 3.13. The lowest BCUT2D eigenvalue weighted by molar-refractivity contribution is 0.0950. The molecule has 0 radical (unpaired) electrons. The number of aromatic nitrogens is 1. The van der Waals surface area contributed by atoms with E-state index in [0.717, 1.165) is 0 Å². The Morgan fingerprint density at radius 1 is 1.69 bits per heavy atom. The van der Waals surface area contributed by atoms with Crippen molar-refractivity contribution < 1.29 is 9.18 Å². The highest BCUT2D eigenvalue weighted by atomic mass is 79.9. The van der Waals surface area contributed by atoms with Gasteiger partial charge >= 0.3 is 0 Å². The van der Waals surface area contributed by atoms with Crippen LogP contribution in [0.5, 0.6) is 0 Å². The Balaban J connectivity index is 2.66. The number of carbonyl (C=O) groups is 1. The average molecular weight is 247 g/mol. The fourth-order valence-electron chi connectivity index (χ4n) is 0.807. The van der Waals surface area contributed by atoms with Gasteiger partial charge in [-0.3, -0.25) is 4.79 Å². The number of pyridine rings is 1. The summed E-state index contributed by atoms with van der Waals surface area (Å²) in [6.07, 6.45) is 1.51. The second-order valence-electron chi connectivity index (χ2n) is 2.31. The molecule has 0 saturated heterocycles. The molecule has 0 aliphatic carbocycles. The third-order valence-corrected chi connectivity index (χ3v) is 1.80. The largest absolute Gasteiger partial charge is 0.349 e. The average Bonchev–Trinajstić information content (AvgIpc) is 2.14. The van der Waals surface area contributed by atoms with Gasteiger partial charge in [0.1, 0.15) is 11.3 Å². The summed E-state index contributed by atoms with van der Waals surface area (Å²) < 4.78 is 12.3. The van der Waals surface area contributed by atoms with E-state index in [9.17, 15) is 9.18 Å². The number of amides is 1. The van der Waals surface area contributed by atoms with Crippen LogP contribution in [0, 0.1) is 0 Å². The fraction of sp³-hybridized carbons (Fsp3) is 0.250. The number of carbonyl (C=O) groups excluding carboxylic acids is 1. The normalized spacial score (nSPS) is 9.69. The zero-order valence-corrected chi connectivity index (χ0v) is 8.34. The van der Waals surface area contributed by atoms with Gasteiger partial charge in [-0.05, 0) is 28.1 Å². The molecular formula is C8H8BrFN2O. The molecule has 0 atom stereocenters. The molecule has 0 fully saturated rings. The number of alkyl halides is 1. The summed E-state index contributed by atoms with van der Waals surface area (Å²) in [7, 11) is 0. The van der Waals surface area contributed by atoms with Crippen LogP contribution in [0.4, 0.5) is 4.39 Å². The summed E-state index contributed by atoms with van der Waals surface area (Å²) in [5.74, 6) is -0.291. The zero-order valence-electron chi connectivity index (χ0n) is 6.76. The van der Waals surface area contributed by atoms with Crippen molar-refractivity contribution in [2.45, 2.75) is 0 Å². The van der Waals surface area contributed by atoms with E-state index in [-0.39, 0.29) is 12.5 Å². The molecule has 0 aliphatic rings. The molecule has 1 heterocycles. The van der Waals surface area contributed by atoms with Crippen LogP contribution in [-0.4, -0.2) is 24.1 Å². The van der Waals surface area contributed by atoms with Gasteiger partial charge < -0.3 is 5.32 Å². The van der Waals surface area contributed by atoms with Gasteiger partial charge in [-0.25, -0.2) is 9.37 Å². The summed E-state index contributed by atoms with van der Waals surface area (Å²) in [6.45, 7) is -0.517. The minimum Gasteiger partial charge on any atom is -0.349 e. The first-order chi connectivity index (χ1) is 6.24. The Kier molecular flexibility index (Phi) is 3.82. The van der Waals surface area contributed by atoms with Crippen LogP contribution in [0.3, 0.4) is 0 Å². The number of rotatable bonds is 3. The van der Waals surface area contributed by atoms with Gasteiger partial charge in [0.2, 0.25) is 0 Å². The quantitative estimate of drug-likeness (QED) is 0.823. The van der Waals surface area contributed by atoms with Gasteiger partial charge in [0.15, 0.2) is 0 Å². The van der Waals surface area contributed by atoms with E-state index in [1.54, 1.807) is 12.1 Å². The molecule has 5 heteroatoms. The van der Waals surface area contributed by atoms with Crippen molar-refractivity contribution in [1.82, 2.24) is 10.3 Å². The van der Waals surface area contributed by atoms with Gasteiger partial charge in [-0.1, -0.05) is 0 Å². The number of halogens is 2. The van der Waals surface area contributed by atoms with Gasteiger partial charge in [0.25, 0.3) is 5.91 Å². The van der Waals surface area contributed by atoms with Crippen molar-refractivity contribution >= 4 is 21.8 Å². The molecule has 1 amide bonds. The maximum absolute atomic E-state index is 11.7. The number of nitrogens with zero attached hydrogens (tertiary/aromatic N) is 1. The van der Waals surface area contributed by atoms with Crippen molar-refractivity contribution in [1.29, 1.82) is 0 Å². The molecule has 3 nitrogen and oxygen atoms in total. The van der Waals surface area contributed by atoms with E-state index in [0.29, 0.717) is 10.2 Å². The fourth-order valence-corrected chi connectivity index (χ4v) is 1.17. The number of hydrogen-bond acceptors (Lipinski definition) is 2. The number of nitrogens with one attached hydrogen (secondary N) is 1. The van der Waals surface area contributed by atoms with Gasteiger partial charge in [-0.15, -0.1) is 0 Å². The van der Waals surface area contributed by atoms with Crippen molar-refractivity contribution in [3.63, 3.8) is 0 Å². The highest BCUT2D eigenvalue weighted by molar-refractivity contribution is 9.10. The smallest absolute Gasteiger partial charge is 0.251 e. The third-order valence-electron chi connectivity index (χ3n) is 1.37. The summed E-state index contributed by atoms with van der Waals surface area (Å²) in [5.41, 5.74) is 0.468. The van der Waals surface area contributed by atoms with Crippen LogP contribution >= 0.6 is 15.9 Å². The van der Waals surface area contributed by atoms with E-state index < -0.39 is 6.67 Å². The van der Waals surface area contributed by atoms with E-state index in [4.69, 9.17) is 0 Å². The molecule has 0 aliphatic heterocycles. The molecule has 1 rings (SSSR count). The standard InChI is InChI=1S/C8H8BrFN2O/c9-7-5-6(1-3-11-7)8(13)12-4-2-10/h1,3,5H,2,4H2,(H,12,13). The van der Waals surface area contributed by atoms with Crippen LogP contribution in [0.25, 0.3) is 0 Å². The second kappa shape index (κ2) is 4.91. The predicted molar refractivity (Wildman–Crippen MR) is 50.2 cm³/mol. The van der Waals surface area contributed by atoms with Crippen LogP contribution in [0.15, 0.2) is 22.9 Å². The summed E-state index contributed by atoms with van der Waals surface area (Å²) in [6, 6.07) is 3.14. The highest BCUT2D eigenvalue weighted by Crippen LogP contribution is 2.07. The predicted octanol–water partition coefficient (Wildman–Crippen LogP) is 1.54. The van der Waals surface area contributed by atoms with Crippen LogP contribution < -0.4 is 5.32 Å². The Bertz CT molecular complexity index is 306. The molecule has 13 heavy (non-hydrogen) atoms. The van der Waals surface area contributed by atoms with Crippen molar-refractivity contribution in [3.8, 4) is 0 Å². The van der Waals surface area contributed by atoms with Crippen molar-refractivity contribution in [2.75, 3.05) is 13.2 Å². The highest BCUT2D eigenvalue weighted by Gasteiger charge is 2.04. The molecule has 70 valence electrons. The van der Waals surface area contributed by atoms with E-state index in [1.165, 1.54) is 6.20 Å². The lowest BCUT2D eigenvalue weighted by Gasteiger charge is -2.01. The Labute approximate surface area is 83.5 Å². The molecule has 0 bridgehead atoms. The van der Waals surface area contributed by atoms with Crippen LogP contribution in [-0.2, 0) is 0 Å². The molecule has 1 N–H and O–H groups in total. The van der Waals surface area contributed by atoms with Crippen LogP contribution in [0.1, 0.15) is 10.4 Å². The van der Waals surface area contributed by atoms with E-state index in [1.807, 2.05) is 0 Å². The topological polar surface area (TPSA) is 42.0 Å². The van der Waals surface area contributed by atoms with Crippen molar-refractivity contribution in [2.24, 2.45) is 0 Å². The first-order valence-corrected chi connectivity index (χ1v) is 4.49. The minimum absolute atomic E-state index is 0.0405. The Morgan fingerprint density at radius 3 is 3.08 bits per heavy atom. The Hall–Kier alpha value is -0.970. The summed E-state index contributed by atoms with van der Waals surface area (Å²) in [4.78, 5) is 15.1. The zero-order chi connectivity index (χ0) is 9.68. The first kappa shape index (κ1) is 10.1. The molecule has 0 saturated carbocycles. The molecule has 0 spiro atoms. The van der Waals surface area contributed by atoms with Gasteiger partial charge in [0, 0.05) is 18.3 Å². The van der Waals surface area contributed by atoms with Gasteiger partial charge in [-0.2, -0.15) is 0 Å². The van der Waals surface area contributed by atoms with E-state index in [2.05, 4.69) is 26.2 Å². The monoisotopic (exact) mass is 246 g/mol. The third kappa shape index (κ3) is 3.10. The molecule has 1 aromatic rings. The SMILES string of the molecule is O=C(NCCF)c1ccnc(Br)c1. The van der Waals surface area contributed by atoms with Crippen molar-refractivity contribution in [3.05, 3.63) is 28.5 Å². The summed E-state index contributed by atoms with van der Waals surface area (Å²) in [5, 5.41) is 2.41. The lowest BCUT2D eigenvalue weighted by Crippen LogP contribution is -2.25. The first-order valence-electron chi connectivity index (χ1n) is 3.70.